The molecule has 0 radical (unpaired) electrons. The molecule has 0 fully saturated rings. The minimum atomic E-state index is -2.53. The maximum atomic E-state index is 14.4. The van der Waals surface area contributed by atoms with Crippen molar-refractivity contribution < 1.29 is 18.4 Å². The molecule has 2 N–H and O–H groups in total. The van der Waals surface area contributed by atoms with Gasteiger partial charge >= 0.3 is 8.25 Å². The van der Waals surface area contributed by atoms with Crippen molar-refractivity contribution in [3.05, 3.63) is 65.0 Å². The highest BCUT2D eigenvalue weighted by atomic mass is 32.2. The Hall–Kier alpha value is -1.30. The van der Waals surface area contributed by atoms with Crippen molar-refractivity contribution in [1.29, 1.82) is 0 Å². The van der Waals surface area contributed by atoms with Gasteiger partial charge in [0, 0.05) is 16.0 Å². The Morgan fingerprint density at radius 2 is 1.93 bits per heavy atom. The summed E-state index contributed by atoms with van der Waals surface area (Å²) in [7, 11) is -2.53. The van der Waals surface area contributed by atoms with E-state index in [1.165, 1.54) is 5.56 Å². The minimum Gasteiger partial charge on any atom is -0.313 e. The van der Waals surface area contributed by atoms with Crippen molar-refractivity contribution in [2.45, 2.75) is 50.5 Å². The van der Waals surface area contributed by atoms with Crippen LogP contribution >= 0.6 is 20.0 Å². The summed E-state index contributed by atoms with van der Waals surface area (Å²) in [5.41, 5.74) is 3.38. The quantitative estimate of drug-likeness (QED) is 0.222. The van der Waals surface area contributed by atoms with Crippen molar-refractivity contribution in [2.75, 3.05) is 18.9 Å². The van der Waals surface area contributed by atoms with Crippen LogP contribution in [0.4, 0.5) is 4.39 Å². The van der Waals surface area contributed by atoms with Crippen molar-refractivity contribution in [2.24, 2.45) is 0 Å². The van der Waals surface area contributed by atoms with Gasteiger partial charge in [-0.3, -0.25) is 0 Å². The van der Waals surface area contributed by atoms with Gasteiger partial charge in [0.1, 0.15) is 12.4 Å². The Morgan fingerprint density at radius 1 is 1.14 bits per heavy atom. The number of nitrogens with one attached hydrogen (secondary N) is 1. The van der Waals surface area contributed by atoms with E-state index in [0.29, 0.717) is 19.5 Å². The zero-order valence-corrected chi connectivity index (χ0v) is 18.6. The summed E-state index contributed by atoms with van der Waals surface area (Å²) in [6.45, 7) is 3.44. The molecular formula is C22H30FNO3PS+. The number of hydrogen-bond donors (Lipinski definition) is 2. The number of halogens is 1. The summed E-state index contributed by atoms with van der Waals surface area (Å²) in [5, 5.41) is 3.21. The fourth-order valence-corrected chi connectivity index (χ4v) is 4.31. The van der Waals surface area contributed by atoms with E-state index in [1.54, 1.807) is 17.8 Å². The lowest BCUT2D eigenvalue weighted by atomic mass is 10.1. The van der Waals surface area contributed by atoms with E-state index in [-0.39, 0.29) is 12.4 Å². The maximum Gasteiger partial charge on any atom is 0.694 e. The number of hydrogen-bond acceptors (Lipinski definition) is 4. The highest BCUT2D eigenvalue weighted by Crippen LogP contribution is 2.26. The van der Waals surface area contributed by atoms with Crippen LogP contribution in [0.3, 0.4) is 0 Å². The van der Waals surface area contributed by atoms with Crippen molar-refractivity contribution >= 4 is 20.0 Å². The first-order valence-corrected chi connectivity index (χ1v) is 12.1. The predicted octanol–water partition coefficient (Wildman–Crippen LogP) is 5.79. The van der Waals surface area contributed by atoms with E-state index in [4.69, 9.17) is 4.89 Å². The molecule has 0 heterocycles. The fraction of sp³-hybridized carbons (Fsp3) is 0.455. The summed E-state index contributed by atoms with van der Waals surface area (Å²) in [5.74, 6) is 0.762. The summed E-state index contributed by atoms with van der Waals surface area (Å²) in [4.78, 5) is 9.27. The van der Waals surface area contributed by atoms with E-state index in [2.05, 4.69) is 34.1 Å². The second-order valence-electron chi connectivity index (χ2n) is 6.96. The lowest BCUT2D eigenvalue weighted by Gasteiger charge is -2.11. The summed E-state index contributed by atoms with van der Waals surface area (Å²) < 4.78 is 29.4. The van der Waals surface area contributed by atoms with E-state index < -0.39 is 8.25 Å². The lowest BCUT2D eigenvalue weighted by Crippen LogP contribution is -2.16. The Bertz CT molecular complexity index is 761. The first-order chi connectivity index (χ1) is 14.1. The highest BCUT2D eigenvalue weighted by molar-refractivity contribution is 7.99. The first-order valence-electron chi connectivity index (χ1n) is 10.0. The molecule has 0 aliphatic heterocycles. The molecule has 2 rings (SSSR count). The fourth-order valence-electron chi connectivity index (χ4n) is 2.99. The second kappa shape index (κ2) is 13.8. The molecule has 158 valence electrons. The Balaban J connectivity index is 1.65. The molecule has 2 aromatic carbocycles. The van der Waals surface area contributed by atoms with E-state index in [9.17, 15) is 8.96 Å². The molecule has 7 heteroatoms. The molecular weight excluding hydrogens is 408 g/mol. The van der Waals surface area contributed by atoms with Gasteiger partial charge in [-0.25, -0.2) is 4.39 Å². The van der Waals surface area contributed by atoms with E-state index in [1.807, 2.05) is 19.1 Å². The minimum absolute atomic E-state index is 0.165. The Kier molecular flexibility index (Phi) is 11.4. The number of unbranched alkanes of at least 4 members (excludes halogenated alkanes) is 2. The third-order valence-electron chi connectivity index (χ3n) is 4.62. The molecule has 2 aromatic rings. The molecule has 0 spiro atoms. The van der Waals surface area contributed by atoms with Gasteiger partial charge in [0.2, 0.25) is 0 Å². The molecule has 0 amide bonds. The molecule has 0 aliphatic carbocycles. The molecule has 29 heavy (non-hydrogen) atoms. The summed E-state index contributed by atoms with van der Waals surface area (Å²) >= 11 is 1.59. The molecule has 0 aliphatic rings. The number of aryl methyl sites for hydroxylation is 2. The van der Waals surface area contributed by atoms with Crippen LogP contribution in [0.1, 0.15) is 42.4 Å². The number of rotatable bonds is 14. The number of benzene rings is 2. The van der Waals surface area contributed by atoms with Crippen molar-refractivity contribution in [1.82, 2.24) is 5.32 Å². The van der Waals surface area contributed by atoms with E-state index >= 15 is 0 Å². The average molecular weight is 439 g/mol. The van der Waals surface area contributed by atoms with Gasteiger partial charge in [-0.15, -0.1) is 21.2 Å². The van der Waals surface area contributed by atoms with Crippen LogP contribution in [-0.4, -0.2) is 23.8 Å². The van der Waals surface area contributed by atoms with Crippen LogP contribution in [0.15, 0.2) is 47.4 Å². The molecule has 0 saturated heterocycles. The normalized spacial score (nSPS) is 11.6. The Morgan fingerprint density at radius 3 is 2.69 bits per heavy atom. The zero-order valence-electron chi connectivity index (χ0n) is 16.9. The molecule has 4 nitrogen and oxygen atoms in total. The van der Waals surface area contributed by atoms with Crippen LogP contribution in [0, 0.1) is 12.7 Å². The van der Waals surface area contributed by atoms with Gasteiger partial charge in [0.15, 0.2) is 0 Å². The molecule has 1 atom stereocenters. The topological polar surface area (TPSA) is 58.6 Å². The third kappa shape index (κ3) is 9.83. The van der Waals surface area contributed by atoms with Crippen LogP contribution in [0.2, 0.25) is 0 Å². The van der Waals surface area contributed by atoms with Crippen LogP contribution < -0.4 is 5.32 Å². The third-order valence-corrected chi connectivity index (χ3v) is 6.14. The molecule has 1 unspecified atom stereocenters. The van der Waals surface area contributed by atoms with Gasteiger partial charge in [-0.05, 0) is 73.7 Å². The average Bonchev–Trinajstić information content (AvgIpc) is 2.70. The number of thioether (sulfide) groups is 1. The predicted molar refractivity (Wildman–Crippen MR) is 118 cm³/mol. The van der Waals surface area contributed by atoms with Crippen LogP contribution in [0.5, 0.6) is 0 Å². The standard InChI is InChI=1S/C22H29FNO3PS/c1-18-15-22(29-14-7-3-6-11-19-9-4-2-5-10-19)21(23)16-20(18)17-24-12-8-13-27-28(25)26/h2,4-5,9-10,15-16,24H,3,6-8,11-14,17H2,1H3/p+1. The largest absolute Gasteiger partial charge is 0.694 e. The molecule has 0 bridgehead atoms. The lowest BCUT2D eigenvalue weighted by molar-refractivity contribution is 0.276. The summed E-state index contributed by atoms with van der Waals surface area (Å²) in [6, 6.07) is 14.1. The maximum absolute atomic E-state index is 14.4. The van der Waals surface area contributed by atoms with Crippen molar-refractivity contribution in [3.8, 4) is 0 Å². The van der Waals surface area contributed by atoms with Crippen molar-refractivity contribution in [3.63, 3.8) is 0 Å². The SMILES string of the molecule is Cc1cc(SCCCCCc2ccccc2)c(F)cc1CNCCCO[P+](=O)O. The van der Waals surface area contributed by atoms with Crippen LogP contribution in [0.25, 0.3) is 0 Å². The molecule has 0 saturated carbocycles. The highest BCUT2D eigenvalue weighted by Gasteiger charge is 2.11. The van der Waals surface area contributed by atoms with Gasteiger partial charge in [0.05, 0.1) is 0 Å². The Labute approximate surface area is 178 Å². The summed E-state index contributed by atoms with van der Waals surface area (Å²) in [6.07, 6.45) is 5.13. The first kappa shape index (κ1) is 24.0. The smallest absolute Gasteiger partial charge is 0.313 e. The monoisotopic (exact) mass is 438 g/mol. The van der Waals surface area contributed by atoms with E-state index in [0.717, 1.165) is 47.5 Å². The van der Waals surface area contributed by atoms with Gasteiger partial charge in [-0.1, -0.05) is 36.8 Å². The molecule has 0 aromatic heterocycles. The zero-order chi connectivity index (χ0) is 20.9. The van der Waals surface area contributed by atoms with Gasteiger partial charge in [-0.2, -0.15) is 0 Å². The van der Waals surface area contributed by atoms with Gasteiger partial charge < -0.3 is 5.32 Å². The second-order valence-corrected chi connectivity index (χ2v) is 8.83. The van der Waals surface area contributed by atoms with Crippen LogP contribution in [-0.2, 0) is 22.1 Å². The van der Waals surface area contributed by atoms with Gasteiger partial charge in [0.25, 0.3) is 0 Å².